The van der Waals surface area contributed by atoms with Gasteiger partial charge in [0.05, 0.1) is 5.69 Å². The Bertz CT molecular complexity index is 1350. The van der Waals surface area contributed by atoms with E-state index in [1.54, 1.807) is 0 Å². The van der Waals surface area contributed by atoms with Crippen LogP contribution in [-0.4, -0.2) is 4.98 Å². The van der Waals surface area contributed by atoms with Gasteiger partial charge in [-0.25, -0.2) is 0 Å². The van der Waals surface area contributed by atoms with Crippen LogP contribution in [0.3, 0.4) is 0 Å². The van der Waals surface area contributed by atoms with Gasteiger partial charge in [-0.2, -0.15) is 0 Å². The third-order valence-electron chi connectivity index (χ3n) is 7.19. The molecule has 0 radical (unpaired) electrons. The second kappa shape index (κ2) is 7.94. The molecular weight excluding hydrogens is 376 g/mol. The molecule has 0 aliphatic carbocycles. The van der Waals surface area contributed by atoms with Crippen LogP contribution in [0.5, 0.6) is 0 Å². The van der Waals surface area contributed by atoms with Gasteiger partial charge in [0.2, 0.25) is 0 Å². The fourth-order valence-electron chi connectivity index (χ4n) is 5.24. The largest absolute Gasteiger partial charge is 0.323 e. The molecule has 5 rings (SSSR count). The highest BCUT2D eigenvalue weighted by atomic mass is 14.8. The third-order valence-corrected chi connectivity index (χ3v) is 7.19. The maximum atomic E-state index is 6.61. The molecular formula is C29H30N2. The van der Waals surface area contributed by atoms with Crippen molar-refractivity contribution in [2.24, 2.45) is 5.73 Å². The minimum absolute atomic E-state index is 0.0197. The van der Waals surface area contributed by atoms with Crippen molar-refractivity contribution in [3.05, 3.63) is 89.2 Å². The normalized spacial score (nSPS) is 13.9. The zero-order valence-electron chi connectivity index (χ0n) is 18.7. The summed E-state index contributed by atoms with van der Waals surface area (Å²) in [6, 6.07) is 22.4. The smallest absolute Gasteiger partial charge is 0.0602 e. The molecule has 156 valence electrons. The number of pyridine rings is 1. The summed E-state index contributed by atoms with van der Waals surface area (Å²) in [6.45, 7) is 6.56. The Morgan fingerprint density at radius 2 is 1.48 bits per heavy atom. The third kappa shape index (κ3) is 3.36. The van der Waals surface area contributed by atoms with Crippen molar-refractivity contribution in [1.29, 1.82) is 0 Å². The summed E-state index contributed by atoms with van der Waals surface area (Å²) in [6.07, 6.45) is 5.00. The van der Waals surface area contributed by atoms with Crippen molar-refractivity contribution < 1.29 is 0 Å². The highest BCUT2D eigenvalue weighted by molar-refractivity contribution is 6.23. The van der Waals surface area contributed by atoms with E-state index in [2.05, 4.69) is 86.4 Å². The van der Waals surface area contributed by atoms with Gasteiger partial charge in [-0.3, -0.25) is 4.98 Å². The van der Waals surface area contributed by atoms with Crippen LogP contribution in [0, 0.1) is 13.8 Å². The average Bonchev–Trinajstić information content (AvgIpc) is 2.80. The van der Waals surface area contributed by atoms with Crippen LogP contribution in [0.2, 0.25) is 0 Å². The second-order valence-electron chi connectivity index (χ2n) is 8.94. The van der Waals surface area contributed by atoms with Gasteiger partial charge in [0.25, 0.3) is 0 Å². The van der Waals surface area contributed by atoms with Crippen LogP contribution in [0.4, 0.5) is 0 Å². The predicted molar refractivity (Wildman–Crippen MR) is 133 cm³/mol. The Morgan fingerprint density at radius 3 is 2.23 bits per heavy atom. The van der Waals surface area contributed by atoms with Crippen molar-refractivity contribution >= 4 is 32.3 Å². The van der Waals surface area contributed by atoms with Crippen LogP contribution in [-0.2, 0) is 0 Å². The maximum Gasteiger partial charge on any atom is 0.0602 e. The first-order valence-electron chi connectivity index (χ1n) is 11.4. The number of nitrogens with zero attached hydrogens (tertiary/aromatic N) is 1. The molecule has 2 unspecified atom stereocenters. The van der Waals surface area contributed by atoms with E-state index in [-0.39, 0.29) is 6.04 Å². The molecule has 0 bridgehead atoms. The Hall–Kier alpha value is -2.97. The first-order valence-corrected chi connectivity index (χ1v) is 11.4. The van der Waals surface area contributed by atoms with Crippen molar-refractivity contribution in [2.75, 3.05) is 0 Å². The van der Waals surface area contributed by atoms with E-state index in [4.69, 9.17) is 5.73 Å². The van der Waals surface area contributed by atoms with E-state index in [0.29, 0.717) is 5.92 Å². The van der Waals surface area contributed by atoms with E-state index in [9.17, 15) is 0 Å². The number of nitrogens with two attached hydrogens (primary N) is 1. The summed E-state index contributed by atoms with van der Waals surface area (Å²) in [5.41, 5.74) is 11.6. The van der Waals surface area contributed by atoms with Crippen molar-refractivity contribution in [3.8, 4) is 0 Å². The lowest BCUT2D eigenvalue weighted by Gasteiger charge is -2.22. The van der Waals surface area contributed by atoms with E-state index >= 15 is 0 Å². The quantitative estimate of drug-likeness (QED) is 0.295. The lowest BCUT2D eigenvalue weighted by Crippen LogP contribution is -2.15. The molecule has 1 heterocycles. The first kappa shape index (κ1) is 20.0. The monoisotopic (exact) mass is 406 g/mol. The second-order valence-corrected chi connectivity index (χ2v) is 8.94. The molecule has 2 atom stereocenters. The number of aryl methyl sites for hydroxylation is 1. The molecule has 0 saturated carbocycles. The summed E-state index contributed by atoms with van der Waals surface area (Å²) >= 11 is 0. The minimum Gasteiger partial charge on any atom is -0.323 e. The molecule has 0 aliphatic rings. The minimum atomic E-state index is -0.0197. The van der Waals surface area contributed by atoms with Gasteiger partial charge in [-0.15, -0.1) is 0 Å². The van der Waals surface area contributed by atoms with E-state index < -0.39 is 0 Å². The summed E-state index contributed by atoms with van der Waals surface area (Å²) in [5.74, 6) is 0.487. The summed E-state index contributed by atoms with van der Waals surface area (Å²) in [7, 11) is 0. The molecule has 0 amide bonds. The Balaban J connectivity index is 1.52. The first-order chi connectivity index (χ1) is 15.1. The standard InChI is InChI=1S/C29H30N2/c1-4-20(12-15-26(30)29-19(3)18(2)16-17-31-29)24-13-10-23-9-8-21-6-5-7-22-11-14-25(24)28(23)27(21)22/h5-11,13-14,16-17,20,26H,4,12,15,30H2,1-3H3. The molecule has 0 aliphatic heterocycles. The van der Waals surface area contributed by atoms with Crippen LogP contribution in [0.15, 0.2) is 66.9 Å². The topological polar surface area (TPSA) is 38.9 Å². The number of rotatable bonds is 6. The van der Waals surface area contributed by atoms with E-state index in [1.165, 1.54) is 49.0 Å². The molecule has 2 N–H and O–H groups in total. The van der Waals surface area contributed by atoms with E-state index in [1.807, 2.05) is 6.20 Å². The Kier molecular flexibility index (Phi) is 5.11. The molecule has 5 aromatic rings. The molecule has 0 saturated heterocycles. The van der Waals surface area contributed by atoms with Crippen LogP contribution >= 0.6 is 0 Å². The molecule has 0 fully saturated rings. The van der Waals surface area contributed by atoms with E-state index in [0.717, 1.165) is 25.0 Å². The fraction of sp³-hybridized carbons (Fsp3) is 0.276. The SMILES string of the molecule is CCC(CCC(N)c1nccc(C)c1C)c1ccc2ccc3cccc4ccc1c2c34. The van der Waals surface area contributed by atoms with Gasteiger partial charge in [0.15, 0.2) is 0 Å². The molecule has 0 spiro atoms. The van der Waals surface area contributed by atoms with Gasteiger partial charge >= 0.3 is 0 Å². The lowest BCUT2D eigenvalue weighted by atomic mass is 9.84. The molecule has 1 aromatic heterocycles. The van der Waals surface area contributed by atoms with Crippen LogP contribution in [0.25, 0.3) is 32.3 Å². The lowest BCUT2D eigenvalue weighted by molar-refractivity contribution is 0.519. The molecule has 4 aromatic carbocycles. The zero-order chi connectivity index (χ0) is 21.5. The van der Waals surface area contributed by atoms with Crippen LogP contribution in [0.1, 0.15) is 60.5 Å². The zero-order valence-corrected chi connectivity index (χ0v) is 18.7. The Morgan fingerprint density at radius 1 is 0.806 bits per heavy atom. The van der Waals surface area contributed by atoms with Crippen molar-refractivity contribution in [3.63, 3.8) is 0 Å². The fourth-order valence-corrected chi connectivity index (χ4v) is 5.24. The number of hydrogen-bond donors (Lipinski definition) is 1. The summed E-state index contributed by atoms with van der Waals surface area (Å²) in [4.78, 5) is 4.60. The number of benzene rings is 4. The molecule has 2 heteroatoms. The van der Waals surface area contributed by atoms with Gasteiger partial charge in [0.1, 0.15) is 0 Å². The van der Waals surface area contributed by atoms with Gasteiger partial charge in [-0.1, -0.05) is 61.5 Å². The van der Waals surface area contributed by atoms with Gasteiger partial charge < -0.3 is 5.73 Å². The van der Waals surface area contributed by atoms with Gasteiger partial charge in [-0.05, 0) is 94.1 Å². The van der Waals surface area contributed by atoms with Crippen molar-refractivity contribution in [1.82, 2.24) is 4.98 Å². The number of hydrogen-bond acceptors (Lipinski definition) is 2. The van der Waals surface area contributed by atoms with Crippen molar-refractivity contribution in [2.45, 2.75) is 52.0 Å². The Labute approximate surface area is 184 Å². The maximum absolute atomic E-state index is 6.61. The predicted octanol–water partition coefficient (Wildman–Crippen LogP) is 7.57. The highest BCUT2D eigenvalue weighted by Crippen LogP contribution is 2.40. The van der Waals surface area contributed by atoms with Gasteiger partial charge in [0, 0.05) is 12.2 Å². The molecule has 2 nitrogen and oxygen atoms in total. The summed E-state index contributed by atoms with van der Waals surface area (Å²) in [5, 5.41) is 8.17. The average molecular weight is 407 g/mol. The van der Waals surface area contributed by atoms with Crippen LogP contribution < -0.4 is 5.73 Å². The summed E-state index contributed by atoms with van der Waals surface area (Å²) < 4.78 is 0. The number of aromatic nitrogens is 1. The highest BCUT2D eigenvalue weighted by Gasteiger charge is 2.19. The molecule has 31 heavy (non-hydrogen) atoms.